The molecule has 0 saturated heterocycles. The Kier molecular flexibility index (Phi) is 10.3. The van der Waals surface area contributed by atoms with Crippen LogP contribution in [0.3, 0.4) is 0 Å². The van der Waals surface area contributed by atoms with Gasteiger partial charge in [-0.1, -0.05) is 13.3 Å². The van der Waals surface area contributed by atoms with Crippen LogP contribution in [0.4, 0.5) is 0 Å². The molecule has 1 amide bonds. The number of amides is 1. The smallest absolute Gasteiger partial charge is 0.322 e. The van der Waals surface area contributed by atoms with E-state index in [9.17, 15) is 9.59 Å². The molecule has 0 aliphatic carbocycles. The number of unbranched alkanes of at least 4 members (excludes halogenated alkanes) is 2. The van der Waals surface area contributed by atoms with E-state index in [0.717, 1.165) is 32.1 Å². The van der Waals surface area contributed by atoms with E-state index in [1.165, 1.54) is 7.11 Å². The first-order chi connectivity index (χ1) is 8.65. The molecular formula is C13H26N2O3. The summed E-state index contributed by atoms with van der Waals surface area (Å²) >= 11 is 0. The van der Waals surface area contributed by atoms with Crippen molar-refractivity contribution in [2.24, 2.45) is 0 Å². The van der Waals surface area contributed by atoms with E-state index in [1.54, 1.807) is 7.05 Å². The minimum absolute atomic E-state index is 0.120. The maximum Gasteiger partial charge on any atom is 0.322 e. The number of rotatable bonds is 10. The summed E-state index contributed by atoms with van der Waals surface area (Å²) < 4.78 is 4.67. The Morgan fingerprint density at radius 3 is 2.50 bits per heavy atom. The molecule has 0 aromatic heterocycles. The van der Waals surface area contributed by atoms with Gasteiger partial charge in [0.05, 0.1) is 7.11 Å². The zero-order chi connectivity index (χ0) is 13.8. The number of carbonyl (C=O) groups excluding carboxylic acids is 2. The van der Waals surface area contributed by atoms with Gasteiger partial charge in [0.1, 0.15) is 6.04 Å². The van der Waals surface area contributed by atoms with Crippen LogP contribution in [0.15, 0.2) is 0 Å². The summed E-state index contributed by atoms with van der Waals surface area (Å²) in [7, 11) is 3.13. The van der Waals surface area contributed by atoms with Crippen LogP contribution in [0.1, 0.15) is 45.4 Å². The summed E-state index contributed by atoms with van der Waals surface area (Å²) in [6, 6.07) is -0.245. The van der Waals surface area contributed by atoms with Crippen molar-refractivity contribution < 1.29 is 14.3 Å². The van der Waals surface area contributed by atoms with Crippen LogP contribution < -0.4 is 10.6 Å². The molecule has 0 fully saturated rings. The largest absolute Gasteiger partial charge is 0.468 e. The van der Waals surface area contributed by atoms with Crippen molar-refractivity contribution in [2.45, 2.75) is 51.5 Å². The molecule has 5 nitrogen and oxygen atoms in total. The van der Waals surface area contributed by atoms with Gasteiger partial charge in [-0.25, -0.2) is 0 Å². The lowest BCUT2D eigenvalue weighted by Crippen LogP contribution is -2.35. The van der Waals surface area contributed by atoms with Gasteiger partial charge < -0.3 is 15.4 Å². The molecule has 106 valence electrons. The van der Waals surface area contributed by atoms with Crippen LogP contribution in [-0.2, 0) is 14.3 Å². The van der Waals surface area contributed by atoms with Gasteiger partial charge in [0, 0.05) is 13.0 Å². The molecule has 0 aromatic rings. The zero-order valence-corrected chi connectivity index (χ0v) is 11.8. The van der Waals surface area contributed by atoms with Crippen molar-refractivity contribution in [1.29, 1.82) is 0 Å². The molecule has 0 rings (SSSR count). The molecule has 0 spiro atoms. The Balaban J connectivity index is 3.54. The number of carbonyl (C=O) groups is 2. The predicted octanol–water partition coefficient (Wildman–Crippen LogP) is 1.22. The van der Waals surface area contributed by atoms with E-state index >= 15 is 0 Å². The van der Waals surface area contributed by atoms with Gasteiger partial charge in [-0.2, -0.15) is 0 Å². The molecule has 0 aliphatic heterocycles. The fourth-order valence-electron chi connectivity index (χ4n) is 1.65. The highest BCUT2D eigenvalue weighted by molar-refractivity contribution is 5.76. The topological polar surface area (TPSA) is 67.4 Å². The molecule has 0 aliphatic rings. The number of hydrogen-bond donors (Lipinski definition) is 2. The molecule has 2 N–H and O–H groups in total. The van der Waals surface area contributed by atoms with E-state index in [2.05, 4.69) is 22.3 Å². The third kappa shape index (κ3) is 8.06. The van der Waals surface area contributed by atoms with Gasteiger partial charge in [-0.3, -0.25) is 9.59 Å². The lowest BCUT2D eigenvalue weighted by molar-refractivity contribution is -0.143. The van der Waals surface area contributed by atoms with Crippen LogP contribution in [-0.4, -0.2) is 38.6 Å². The molecule has 18 heavy (non-hydrogen) atoms. The first-order valence-corrected chi connectivity index (χ1v) is 6.67. The summed E-state index contributed by atoms with van der Waals surface area (Å²) in [6.07, 6.45) is 5.08. The van der Waals surface area contributed by atoms with Crippen LogP contribution >= 0.6 is 0 Å². The quantitative estimate of drug-likeness (QED) is 0.457. The van der Waals surface area contributed by atoms with Crippen molar-refractivity contribution in [2.75, 3.05) is 20.7 Å². The molecule has 0 saturated carbocycles. The highest BCUT2D eigenvalue weighted by Gasteiger charge is 2.15. The van der Waals surface area contributed by atoms with E-state index in [4.69, 9.17) is 0 Å². The average molecular weight is 258 g/mol. The molecule has 0 radical (unpaired) electrons. The van der Waals surface area contributed by atoms with E-state index < -0.39 is 0 Å². The number of methoxy groups -OCH3 is 1. The molecule has 1 unspecified atom stereocenters. The number of ether oxygens (including phenoxy) is 1. The van der Waals surface area contributed by atoms with Crippen LogP contribution in [0.2, 0.25) is 0 Å². The summed E-state index contributed by atoms with van der Waals surface area (Å²) in [5.74, 6) is -0.112. The van der Waals surface area contributed by atoms with E-state index in [-0.39, 0.29) is 17.9 Å². The molecular weight excluding hydrogens is 232 g/mol. The number of esters is 1. The maximum absolute atomic E-state index is 11.3. The second-order valence-corrected chi connectivity index (χ2v) is 4.31. The molecule has 0 aromatic carbocycles. The highest BCUT2D eigenvalue weighted by Crippen LogP contribution is 2.02. The lowest BCUT2D eigenvalue weighted by Gasteiger charge is -2.13. The lowest BCUT2D eigenvalue weighted by atomic mass is 10.1. The summed E-state index contributed by atoms with van der Waals surface area (Å²) in [6.45, 7) is 2.75. The Morgan fingerprint density at radius 2 is 1.94 bits per heavy atom. The van der Waals surface area contributed by atoms with Gasteiger partial charge in [0.2, 0.25) is 5.91 Å². The minimum Gasteiger partial charge on any atom is -0.468 e. The third-order valence-electron chi connectivity index (χ3n) is 2.83. The standard InChI is InChI=1S/C13H26N2O3/c1-4-5-9-12(16)15-10-7-6-8-11(14-2)13(17)18-3/h11,14H,4-10H2,1-3H3,(H,15,16). The Bertz CT molecular complexity index is 244. The zero-order valence-electron chi connectivity index (χ0n) is 11.8. The molecule has 0 bridgehead atoms. The van der Waals surface area contributed by atoms with Crippen molar-refractivity contribution >= 4 is 11.9 Å². The third-order valence-corrected chi connectivity index (χ3v) is 2.83. The van der Waals surface area contributed by atoms with Gasteiger partial charge in [-0.15, -0.1) is 0 Å². The number of likely N-dealkylation sites (N-methyl/N-ethyl adjacent to an activating group) is 1. The number of nitrogens with one attached hydrogen (secondary N) is 2. The maximum atomic E-state index is 11.3. The van der Waals surface area contributed by atoms with Crippen molar-refractivity contribution in [1.82, 2.24) is 10.6 Å². The van der Waals surface area contributed by atoms with Crippen molar-refractivity contribution in [3.05, 3.63) is 0 Å². The van der Waals surface area contributed by atoms with Gasteiger partial charge in [0.15, 0.2) is 0 Å². The minimum atomic E-state index is -0.245. The van der Waals surface area contributed by atoms with E-state index in [1.807, 2.05) is 0 Å². The predicted molar refractivity (Wildman–Crippen MR) is 71.2 cm³/mol. The SMILES string of the molecule is CCCCC(=O)NCCCCC(NC)C(=O)OC. The Hall–Kier alpha value is -1.10. The molecule has 1 atom stereocenters. The van der Waals surface area contributed by atoms with Gasteiger partial charge in [-0.05, 0) is 32.7 Å². The fourth-order valence-corrected chi connectivity index (χ4v) is 1.65. The van der Waals surface area contributed by atoms with Crippen LogP contribution in [0.5, 0.6) is 0 Å². The first kappa shape index (κ1) is 16.9. The van der Waals surface area contributed by atoms with Crippen LogP contribution in [0.25, 0.3) is 0 Å². The summed E-state index contributed by atoms with van der Waals surface area (Å²) in [5, 5.41) is 5.80. The summed E-state index contributed by atoms with van der Waals surface area (Å²) in [4.78, 5) is 22.6. The highest BCUT2D eigenvalue weighted by atomic mass is 16.5. The van der Waals surface area contributed by atoms with Crippen LogP contribution in [0, 0.1) is 0 Å². The summed E-state index contributed by atoms with van der Waals surface area (Å²) in [5.41, 5.74) is 0. The van der Waals surface area contributed by atoms with E-state index in [0.29, 0.717) is 13.0 Å². The molecule has 5 heteroatoms. The average Bonchev–Trinajstić information content (AvgIpc) is 2.39. The Morgan fingerprint density at radius 1 is 1.22 bits per heavy atom. The van der Waals surface area contributed by atoms with Gasteiger partial charge >= 0.3 is 5.97 Å². The molecule has 0 heterocycles. The second-order valence-electron chi connectivity index (χ2n) is 4.31. The first-order valence-electron chi connectivity index (χ1n) is 6.67. The van der Waals surface area contributed by atoms with Crippen molar-refractivity contribution in [3.8, 4) is 0 Å². The second kappa shape index (κ2) is 11.0. The monoisotopic (exact) mass is 258 g/mol. The Labute approximate surface area is 110 Å². The fraction of sp³-hybridized carbons (Fsp3) is 0.846. The van der Waals surface area contributed by atoms with Gasteiger partial charge in [0.25, 0.3) is 0 Å². The number of hydrogen-bond acceptors (Lipinski definition) is 4. The normalized spacial score (nSPS) is 11.9. The van der Waals surface area contributed by atoms with Crippen molar-refractivity contribution in [3.63, 3.8) is 0 Å².